The molecule has 1 saturated heterocycles. The molecule has 7 atom stereocenters. The van der Waals surface area contributed by atoms with E-state index in [0.29, 0.717) is 19.4 Å². The summed E-state index contributed by atoms with van der Waals surface area (Å²) >= 11 is 0. The fraction of sp³-hybridized carbons (Fsp3) is 0.886. The predicted molar refractivity (Wildman–Crippen MR) is 338 cm³/mol. The smallest absolute Gasteiger partial charge is 0.305 e. The largest absolute Gasteiger partial charge is 0.466 e. The molecule has 0 bridgehead atoms. The zero-order valence-electron chi connectivity index (χ0n) is 52.8. The number of hydrogen-bond donors (Lipinski definition) is 6. The normalized spacial score (nSPS) is 18.4. The van der Waals surface area contributed by atoms with Crippen LogP contribution in [0, 0.1) is 0 Å². The van der Waals surface area contributed by atoms with Crippen LogP contribution in [0.2, 0.25) is 0 Å². The molecule has 0 spiro atoms. The van der Waals surface area contributed by atoms with Crippen molar-refractivity contribution in [2.24, 2.45) is 0 Å². The van der Waals surface area contributed by atoms with E-state index in [1.807, 2.05) is 6.08 Å². The first-order valence-corrected chi connectivity index (χ1v) is 34.8. The molecule has 7 unspecified atom stereocenters. The highest BCUT2D eigenvalue weighted by atomic mass is 16.7. The molecule has 0 aromatic rings. The van der Waals surface area contributed by atoms with Gasteiger partial charge in [0, 0.05) is 12.8 Å². The van der Waals surface area contributed by atoms with Crippen LogP contribution in [0.4, 0.5) is 0 Å². The van der Waals surface area contributed by atoms with Crippen molar-refractivity contribution in [1.82, 2.24) is 5.32 Å². The van der Waals surface area contributed by atoms with Crippen molar-refractivity contribution >= 4 is 11.9 Å². The molecule has 0 aromatic heterocycles. The minimum atomic E-state index is -1.57. The van der Waals surface area contributed by atoms with E-state index in [-0.39, 0.29) is 18.5 Å². The highest BCUT2D eigenvalue weighted by Crippen LogP contribution is 2.23. The summed E-state index contributed by atoms with van der Waals surface area (Å²) in [5.74, 6) is -0.182. The summed E-state index contributed by atoms with van der Waals surface area (Å²) in [5.41, 5.74) is 0. The standard InChI is InChI=1S/C70H131NO10/c1-3-5-7-9-11-13-14-15-31-35-38-42-46-50-54-58-66(75)79-59-55-51-47-43-39-36-33-30-28-26-24-22-20-18-16-17-19-21-23-25-27-29-32-34-37-41-45-49-53-57-65(74)71-62(63(73)56-52-48-44-40-12-10-8-6-4-2)61-80-70-69(78)68(77)67(76)64(60-72)81-70/h11,13,15,31,52,56,62-64,67-70,72-73,76-78H,3-10,12,14,16-30,32-51,53-55,57-61H2,1-2H3,(H,71,74)/b13-11-,31-15-,56-52+. The van der Waals surface area contributed by atoms with Crippen LogP contribution in [0.3, 0.4) is 0 Å². The summed E-state index contributed by atoms with van der Waals surface area (Å²) in [6, 6.07) is -0.806. The third-order valence-corrected chi connectivity index (χ3v) is 16.5. The minimum Gasteiger partial charge on any atom is -0.466 e. The lowest BCUT2D eigenvalue weighted by Gasteiger charge is -2.40. The maximum absolute atomic E-state index is 13.0. The van der Waals surface area contributed by atoms with Crippen molar-refractivity contribution in [3.63, 3.8) is 0 Å². The number of carbonyl (C=O) groups is 2. The molecule has 1 rings (SSSR count). The van der Waals surface area contributed by atoms with E-state index >= 15 is 0 Å². The van der Waals surface area contributed by atoms with Gasteiger partial charge in [-0.1, -0.05) is 294 Å². The second-order valence-electron chi connectivity index (χ2n) is 24.2. The van der Waals surface area contributed by atoms with Crippen molar-refractivity contribution in [1.29, 1.82) is 0 Å². The SMILES string of the molecule is CCCCC/C=C\C/C=C\CCCCCCCC(=O)OCCCCCCCCCCCCCCCCCCCCCCCCCCCCCCCC(=O)NC(COC1OC(CO)C(O)C(O)C1O)C(O)/C=C/CCCCCCCCC. The molecule has 0 aromatic carbocycles. The van der Waals surface area contributed by atoms with Crippen LogP contribution < -0.4 is 5.32 Å². The molecule has 1 aliphatic heterocycles. The molecular formula is C70H131NO10. The summed E-state index contributed by atoms with van der Waals surface area (Å²) in [4.78, 5) is 25.1. The van der Waals surface area contributed by atoms with Crippen molar-refractivity contribution in [2.45, 2.75) is 378 Å². The predicted octanol–water partition coefficient (Wildman–Crippen LogP) is 17.4. The Labute approximate surface area is 498 Å². The van der Waals surface area contributed by atoms with Crippen LogP contribution in [0.1, 0.15) is 335 Å². The molecule has 0 radical (unpaired) electrons. The van der Waals surface area contributed by atoms with Crippen molar-refractivity contribution in [2.75, 3.05) is 19.8 Å². The van der Waals surface area contributed by atoms with Gasteiger partial charge in [-0.2, -0.15) is 0 Å². The van der Waals surface area contributed by atoms with Crippen molar-refractivity contribution < 1.29 is 49.3 Å². The van der Waals surface area contributed by atoms with E-state index in [4.69, 9.17) is 14.2 Å². The van der Waals surface area contributed by atoms with Crippen molar-refractivity contribution in [3.8, 4) is 0 Å². The fourth-order valence-corrected chi connectivity index (χ4v) is 11.0. The molecule has 11 nitrogen and oxygen atoms in total. The second-order valence-corrected chi connectivity index (χ2v) is 24.2. The van der Waals surface area contributed by atoms with E-state index in [1.165, 1.54) is 244 Å². The number of rotatable bonds is 61. The number of esters is 1. The van der Waals surface area contributed by atoms with Gasteiger partial charge in [-0.3, -0.25) is 9.59 Å². The number of aliphatic hydroxyl groups is 5. The minimum absolute atomic E-state index is 0.00314. The third kappa shape index (κ3) is 48.8. The van der Waals surface area contributed by atoms with Crippen LogP contribution in [0.15, 0.2) is 36.5 Å². The number of nitrogens with one attached hydrogen (secondary N) is 1. The van der Waals surface area contributed by atoms with E-state index in [2.05, 4.69) is 43.5 Å². The molecule has 11 heteroatoms. The Morgan fingerprint density at radius 3 is 1.27 bits per heavy atom. The number of aliphatic hydroxyl groups excluding tert-OH is 5. The topological polar surface area (TPSA) is 175 Å². The summed E-state index contributed by atoms with van der Waals surface area (Å²) in [6.07, 6.45) is 65.8. The monoisotopic (exact) mass is 1150 g/mol. The van der Waals surface area contributed by atoms with Gasteiger partial charge < -0.3 is 45.1 Å². The maximum Gasteiger partial charge on any atom is 0.305 e. The van der Waals surface area contributed by atoms with Crippen molar-refractivity contribution in [3.05, 3.63) is 36.5 Å². The Morgan fingerprint density at radius 1 is 0.457 bits per heavy atom. The van der Waals surface area contributed by atoms with Gasteiger partial charge in [0.05, 0.1) is 32.0 Å². The van der Waals surface area contributed by atoms with Crippen LogP contribution >= 0.6 is 0 Å². The molecule has 81 heavy (non-hydrogen) atoms. The van der Waals surface area contributed by atoms with Crippen LogP contribution in [0.25, 0.3) is 0 Å². The number of hydrogen-bond acceptors (Lipinski definition) is 10. The van der Waals surface area contributed by atoms with E-state index < -0.39 is 49.5 Å². The Hall–Kier alpha value is -2.12. The molecule has 476 valence electrons. The molecule has 1 fully saturated rings. The van der Waals surface area contributed by atoms with Gasteiger partial charge in [-0.05, 0) is 64.2 Å². The van der Waals surface area contributed by atoms with E-state index in [9.17, 15) is 35.1 Å². The lowest BCUT2D eigenvalue weighted by Crippen LogP contribution is -2.60. The molecule has 1 amide bonds. The number of ether oxygens (including phenoxy) is 3. The highest BCUT2D eigenvalue weighted by molar-refractivity contribution is 5.76. The maximum atomic E-state index is 13.0. The average molecular weight is 1150 g/mol. The zero-order chi connectivity index (χ0) is 58.7. The molecule has 6 N–H and O–H groups in total. The first kappa shape index (κ1) is 76.9. The molecule has 0 aliphatic carbocycles. The van der Waals surface area contributed by atoms with Gasteiger partial charge in [-0.15, -0.1) is 0 Å². The molecule has 1 heterocycles. The van der Waals surface area contributed by atoms with Gasteiger partial charge in [0.25, 0.3) is 0 Å². The summed E-state index contributed by atoms with van der Waals surface area (Å²) in [7, 11) is 0. The van der Waals surface area contributed by atoms with Crippen LogP contribution in [-0.4, -0.2) is 100 Å². The van der Waals surface area contributed by atoms with Crippen LogP contribution in [-0.2, 0) is 23.8 Å². The Kier molecular flexibility index (Phi) is 56.6. The lowest BCUT2D eigenvalue weighted by molar-refractivity contribution is -0.302. The van der Waals surface area contributed by atoms with E-state index in [0.717, 1.165) is 64.2 Å². The van der Waals surface area contributed by atoms with Gasteiger partial charge in [-0.25, -0.2) is 0 Å². The third-order valence-electron chi connectivity index (χ3n) is 16.5. The Morgan fingerprint density at radius 2 is 0.827 bits per heavy atom. The highest BCUT2D eigenvalue weighted by Gasteiger charge is 2.44. The average Bonchev–Trinajstić information content (AvgIpc) is 3.47. The molecular weight excluding hydrogens is 1010 g/mol. The van der Waals surface area contributed by atoms with E-state index in [1.54, 1.807) is 6.08 Å². The zero-order valence-corrected chi connectivity index (χ0v) is 52.8. The molecule has 1 aliphatic rings. The first-order valence-electron chi connectivity index (χ1n) is 34.8. The summed E-state index contributed by atoms with van der Waals surface area (Å²) in [6.45, 7) is 4.31. The van der Waals surface area contributed by atoms with Gasteiger partial charge in [0.15, 0.2) is 6.29 Å². The Balaban J connectivity index is 1.90. The van der Waals surface area contributed by atoms with Gasteiger partial charge in [0.1, 0.15) is 24.4 Å². The second kappa shape index (κ2) is 59.6. The lowest BCUT2D eigenvalue weighted by atomic mass is 9.99. The van der Waals surface area contributed by atoms with Gasteiger partial charge in [0.2, 0.25) is 5.91 Å². The number of amides is 1. The molecule has 0 saturated carbocycles. The Bertz CT molecular complexity index is 1440. The number of allylic oxidation sites excluding steroid dienone is 5. The quantitative estimate of drug-likeness (QED) is 0.0195. The first-order chi connectivity index (χ1) is 39.7. The van der Waals surface area contributed by atoms with Crippen LogP contribution in [0.5, 0.6) is 0 Å². The number of carbonyl (C=O) groups excluding carboxylic acids is 2. The number of unbranched alkanes of at least 4 members (excludes halogenated alkanes) is 43. The summed E-state index contributed by atoms with van der Waals surface area (Å²) < 4.78 is 16.7. The summed E-state index contributed by atoms with van der Waals surface area (Å²) in [5, 5.41) is 54.3. The fourth-order valence-electron chi connectivity index (χ4n) is 11.0. The van der Waals surface area contributed by atoms with Gasteiger partial charge >= 0.3 is 5.97 Å².